The zero-order chi connectivity index (χ0) is 11.3. The number of rotatable bonds is 5. The molecule has 15 heavy (non-hydrogen) atoms. The standard InChI is InChI=1S/C13H21NO/c1-11(12-8-6-5-7-9-12)14-10-13(2,3)15-4/h5-9,11,14H,10H2,1-4H3. The fourth-order valence-electron chi connectivity index (χ4n) is 1.33. The molecule has 0 fully saturated rings. The summed E-state index contributed by atoms with van der Waals surface area (Å²) >= 11 is 0. The molecule has 1 unspecified atom stereocenters. The van der Waals surface area contributed by atoms with E-state index in [-0.39, 0.29) is 5.60 Å². The lowest BCUT2D eigenvalue weighted by molar-refractivity contribution is 0.0214. The lowest BCUT2D eigenvalue weighted by Crippen LogP contribution is -2.37. The molecule has 0 bridgehead atoms. The summed E-state index contributed by atoms with van der Waals surface area (Å²) in [5.74, 6) is 0. The van der Waals surface area contributed by atoms with E-state index in [0.29, 0.717) is 6.04 Å². The van der Waals surface area contributed by atoms with Crippen molar-refractivity contribution in [1.29, 1.82) is 0 Å². The molecule has 0 saturated heterocycles. The van der Waals surface area contributed by atoms with Crippen LogP contribution in [0.5, 0.6) is 0 Å². The summed E-state index contributed by atoms with van der Waals surface area (Å²) in [4.78, 5) is 0. The Bertz CT molecular complexity index is 282. The Morgan fingerprint density at radius 1 is 1.27 bits per heavy atom. The summed E-state index contributed by atoms with van der Waals surface area (Å²) < 4.78 is 5.36. The van der Waals surface area contributed by atoms with Gasteiger partial charge in [-0.15, -0.1) is 0 Å². The molecule has 1 aromatic carbocycles. The highest BCUT2D eigenvalue weighted by molar-refractivity contribution is 5.18. The molecular weight excluding hydrogens is 186 g/mol. The minimum atomic E-state index is -0.108. The normalized spacial score (nSPS) is 13.9. The summed E-state index contributed by atoms with van der Waals surface area (Å²) in [6.07, 6.45) is 0. The monoisotopic (exact) mass is 207 g/mol. The van der Waals surface area contributed by atoms with Crippen molar-refractivity contribution in [2.24, 2.45) is 0 Å². The van der Waals surface area contributed by atoms with Crippen molar-refractivity contribution in [2.45, 2.75) is 32.4 Å². The van der Waals surface area contributed by atoms with Crippen LogP contribution in [0.1, 0.15) is 32.4 Å². The summed E-state index contributed by atoms with van der Waals surface area (Å²) in [7, 11) is 1.74. The third-order valence-corrected chi connectivity index (χ3v) is 2.69. The second kappa shape index (κ2) is 5.29. The zero-order valence-electron chi connectivity index (χ0n) is 10.1. The molecule has 1 rings (SSSR count). The maximum atomic E-state index is 5.36. The third kappa shape index (κ3) is 4.02. The fraction of sp³-hybridized carbons (Fsp3) is 0.538. The molecule has 1 N–H and O–H groups in total. The van der Waals surface area contributed by atoms with Crippen LogP contribution < -0.4 is 5.32 Å². The van der Waals surface area contributed by atoms with Crippen molar-refractivity contribution in [2.75, 3.05) is 13.7 Å². The van der Waals surface area contributed by atoms with E-state index < -0.39 is 0 Å². The second-order valence-corrected chi connectivity index (χ2v) is 4.48. The van der Waals surface area contributed by atoms with Crippen LogP contribution in [0, 0.1) is 0 Å². The van der Waals surface area contributed by atoms with Crippen LogP contribution in [0.15, 0.2) is 30.3 Å². The van der Waals surface area contributed by atoms with Gasteiger partial charge in [0.15, 0.2) is 0 Å². The van der Waals surface area contributed by atoms with Crippen molar-refractivity contribution in [3.8, 4) is 0 Å². The van der Waals surface area contributed by atoms with E-state index in [1.165, 1.54) is 5.56 Å². The van der Waals surface area contributed by atoms with Gasteiger partial charge in [-0.2, -0.15) is 0 Å². The van der Waals surface area contributed by atoms with Gasteiger partial charge in [0.25, 0.3) is 0 Å². The maximum Gasteiger partial charge on any atom is 0.0746 e. The van der Waals surface area contributed by atoms with Gasteiger partial charge >= 0.3 is 0 Å². The molecular formula is C13H21NO. The molecule has 0 spiro atoms. The van der Waals surface area contributed by atoms with Crippen LogP contribution in [-0.4, -0.2) is 19.3 Å². The molecule has 0 heterocycles. The number of nitrogens with one attached hydrogen (secondary N) is 1. The van der Waals surface area contributed by atoms with Gasteiger partial charge < -0.3 is 10.1 Å². The average molecular weight is 207 g/mol. The number of hydrogen-bond donors (Lipinski definition) is 1. The van der Waals surface area contributed by atoms with Gasteiger partial charge in [-0.1, -0.05) is 30.3 Å². The van der Waals surface area contributed by atoms with Crippen molar-refractivity contribution >= 4 is 0 Å². The van der Waals surface area contributed by atoms with Gasteiger partial charge in [0.05, 0.1) is 5.60 Å². The Balaban J connectivity index is 2.47. The third-order valence-electron chi connectivity index (χ3n) is 2.69. The Morgan fingerprint density at radius 2 is 1.87 bits per heavy atom. The first-order chi connectivity index (χ1) is 7.05. The molecule has 0 saturated carbocycles. The van der Waals surface area contributed by atoms with Crippen LogP contribution in [-0.2, 0) is 4.74 Å². The molecule has 0 aliphatic heterocycles. The summed E-state index contributed by atoms with van der Waals surface area (Å²) in [6.45, 7) is 7.18. The first kappa shape index (κ1) is 12.2. The average Bonchev–Trinajstić information content (AvgIpc) is 2.27. The topological polar surface area (TPSA) is 21.3 Å². The minimum Gasteiger partial charge on any atom is -0.377 e. The van der Waals surface area contributed by atoms with Crippen molar-refractivity contribution in [3.63, 3.8) is 0 Å². The van der Waals surface area contributed by atoms with E-state index in [9.17, 15) is 0 Å². The van der Waals surface area contributed by atoms with Gasteiger partial charge in [0.1, 0.15) is 0 Å². The van der Waals surface area contributed by atoms with Crippen LogP contribution >= 0.6 is 0 Å². The highest BCUT2D eigenvalue weighted by Gasteiger charge is 2.17. The second-order valence-electron chi connectivity index (χ2n) is 4.48. The summed E-state index contributed by atoms with van der Waals surface area (Å²) in [5, 5.41) is 3.47. The summed E-state index contributed by atoms with van der Waals surface area (Å²) in [5.41, 5.74) is 1.20. The molecule has 0 aliphatic carbocycles. The van der Waals surface area contributed by atoms with Gasteiger partial charge in [0.2, 0.25) is 0 Å². The highest BCUT2D eigenvalue weighted by Crippen LogP contribution is 2.13. The Morgan fingerprint density at radius 3 is 2.40 bits per heavy atom. The first-order valence-corrected chi connectivity index (χ1v) is 5.38. The highest BCUT2D eigenvalue weighted by atomic mass is 16.5. The number of benzene rings is 1. The fourth-order valence-corrected chi connectivity index (χ4v) is 1.33. The quantitative estimate of drug-likeness (QED) is 0.801. The molecule has 1 atom stereocenters. The predicted octanol–water partition coefficient (Wildman–Crippen LogP) is 2.76. The Labute approximate surface area is 92.6 Å². The molecule has 84 valence electrons. The SMILES string of the molecule is COC(C)(C)CNC(C)c1ccccc1. The van der Waals surface area contributed by atoms with Crippen LogP contribution in [0.4, 0.5) is 0 Å². The molecule has 0 amide bonds. The van der Waals surface area contributed by atoms with E-state index in [2.05, 4.69) is 50.4 Å². The molecule has 0 aromatic heterocycles. The van der Waals surface area contributed by atoms with Crippen molar-refractivity contribution in [3.05, 3.63) is 35.9 Å². The number of ether oxygens (including phenoxy) is 1. The van der Waals surface area contributed by atoms with Gasteiger partial charge in [0, 0.05) is 19.7 Å². The zero-order valence-corrected chi connectivity index (χ0v) is 10.1. The van der Waals surface area contributed by atoms with E-state index >= 15 is 0 Å². The molecule has 0 aliphatic rings. The smallest absolute Gasteiger partial charge is 0.0746 e. The Kier molecular flexibility index (Phi) is 4.30. The van der Waals surface area contributed by atoms with Gasteiger partial charge in [-0.3, -0.25) is 0 Å². The van der Waals surface area contributed by atoms with Crippen LogP contribution in [0.25, 0.3) is 0 Å². The minimum absolute atomic E-state index is 0.108. The largest absolute Gasteiger partial charge is 0.377 e. The number of hydrogen-bond acceptors (Lipinski definition) is 2. The summed E-state index contributed by atoms with van der Waals surface area (Å²) in [6, 6.07) is 10.8. The van der Waals surface area contributed by atoms with E-state index in [0.717, 1.165) is 6.54 Å². The van der Waals surface area contributed by atoms with Crippen molar-refractivity contribution in [1.82, 2.24) is 5.32 Å². The maximum absolute atomic E-state index is 5.36. The first-order valence-electron chi connectivity index (χ1n) is 5.38. The van der Waals surface area contributed by atoms with Gasteiger partial charge in [-0.05, 0) is 26.3 Å². The van der Waals surface area contributed by atoms with E-state index in [1.54, 1.807) is 7.11 Å². The van der Waals surface area contributed by atoms with Crippen LogP contribution in [0.3, 0.4) is 0 Å². The Hall–Kier alpha value is -0.860. The van der Waals surface area contributed by atoms with Crippen LogP contribution in [0.2, 0.25) is 0 Å². The van der Waals surface area contributed by atoms with E-state index in [1.807, 2.05) is 6.07 Å². The number of methoxy groups -OCH3 is 1. The van der Waals surface area contributed by atoms with E-state index in [4.69, 9.17) is 4.74 Å². The molecule has 0 radical (unpaired) electrons. The molecule has 1 aromatic rings. The van der Waals surface area contributed by atoms with Crippen molar-refractivity contribution < 1.29 is 4.74 Å². The lowest BCUT2D eigenvalue weighted by atomic mass is 10.1. The predicted molar refractivity (Wildman–Crippen MR) is 63.9 cm³/mol. The molecule has 2 heteroatoms. The molecule has 2 nitrogen and oxygen atoms in total. The van der Waals surface area contributed by atoms with Gasteiger partial charge in [-0.25, -0.2) is 0 Å². The lowest BCUT2D eigenvalue weighted by Gasteiger charge is -2.25.